The average Bonchev–Trinajstić information content (AvgIpc) is 3.13. The molecular formula is C26H38N4O4. The smallest absolute Gasteiger partial charge is 0.325 e. The second-order valence-corrected chi connectivity index (χ2v) is 10.6. The Morgan fingerprint density at radius 1 is 1.12 bits per heavy atom. The van der Waals surface area contributed by atoms with E-state index in [0.717, 1.165) is 17.4 Å². The van der Waals surface area contributed by atoms with Crippen molar-refractivity contribution in [2.45, 2.75) is 84.9 Å². The number of hydrogen-bond acceptors (Lipinski definition) is 5. The van der Waals surface area contributed by atoms with Crippen LogP contribution in [0.4, 0.5) is 0 Å². The predicted octanol–water partition coefficient (Wildman–Crippen LogP) is 3.83. The van der Waals surface area contributed by atoms with Crippen LogP contribution in [-0.2, 0) is 20.9 Å². The number of amides is 2. The Bertz CT molecular complexity index is 1020. The molecule has 1 unspecified atom stereocenters. The van der Waals surface area contributed by atoms with Gasteiger partial charge in [-0.3, -0.25) is 19.1 Å². The number of rotatable bonds is 8. The molecule has 2 N–H and O–H groups in total. The molecule has 1 saturated carbocycles. The largest absolute Gasteiger partial charge is 0.459 e. The highest BCUT2D eigenvalue weighted by Crippen LogP contribution is 2.27. The Labute approximate surface area is 201 Å². The average molecular weight is 471 g/mol. The van der Waals surface area contributed by atoms with Crippen molar-refractivity contribution in [3.63, 3.8) is 0 Å². The lowest BCUT2D eigenvalue weighted by atomic mass is 9.89. The van der Waals surface area contributed by atoms with Gasteiger partial charge in [-0.25, -0.2) is 0 Å². The Hall–Kier alpha value is -2.90. The number of aromatic nitrogens is 2. The number of hydrogen-bond donors (Lipinski definition) is 2. The lowest BCUT2D eigenvalue weighted by molar-refractivity contribution is -0.154. The summed E-state index contributed by atoms with van der Waals surface area (Å²) in [6, 6.07) is 6.90. The van der Waals surface area contributed by atoms with Crippen LogP contribution in [0.2, 0.25) is 0 Å². The fourth-order valence-electron chi connectivity index (χ4n) is 4.44. The van der Waals surface area contributed by atoms with Crippen molar-refractivity contribution in [1.29, 1.82) is 0 Å². The number of fused-ring (bicyclic) bond motifs is 1. The standard InChI is InChI=1S/C26H38N4O4/c1-17(2)22(24(32)27-15-21(31)34-26(3,4)5)28-25(33)23-19-13-9-10-14-20(19)30(29-23)16-18-11-7-6-8-12-18/h9-10,13-14,17-18,22H,6-8,11-12,15-16H2,1-5H3,(H,27,32)(H,28,33). The zero-order valence-electron chi connectivity index (χ0n) is 21.0. The molecule has 1 aliphatic carbocycles. The maximum Gasteiger partial charge on any atom is 0.325 e. The van der Waals surface area contributed by atoms with Crippen LogP contribution in [-0.4, -0.2) is 45.8 Å². The molecule has 1 heterocycles. The molecule has 186 valence electrons. The minimum atomic E-state index is -0.808. The van der Waals surface area contributed by atoms with E-state index in [1.807, 2.05) is 42.8 Å². The highest BCUT2D eigenvalue weighted by molar-refractivity contribution is 6.06. The zero-order valence-corrected chi connectivity index (χ0v) is 21.0. The molecule has 8 heteroatoms. The normalized spacial score (nSPS) is 15.8. The molecule has 0 saturated heterocycles. The number of carbonyl (C=O) groups is 3. The fourth-order valence-corrected chi connectivity index (χ4v) is 4.44. The summed E-state index contributed by atoms with van der Waals surface area (Å²) in [6.07, 6.45) is 6.14. The predicted molar refractivity (Wildman–Crippen MR) is 131 cm³/mol. The van der Waals surface area contributed by atoms with E-state index in [0.29, 0.717) is 11.6 Å². The molecule has 2 amide bonds. The van der Waals surface area contributed by atoms with Crippen molar-refractivity contribution in [3.8, 4) is 0 Å². The number of carbonyl (C=O) groups excluding carboxylic acids is 3. The van der Waals surface area contributed by atoms with Gasteiger partial charge in [0.15, 0.2) is 5.69 Å². The van der Waals surface area contributed by atoms with E-state index in [1.165, 1.54) is 32.1 Å². The summed E-state index contributed by atoms with van der Waals surface area (Å²) in [6.45, 7) is 9.52. The van der Waals surface area contributed by atoms with Crippen molar-refractivity contribution in [2.75, 3.05) is 6.54 Å². The second-order valence-electron chi connectivity index (χ2n) is 10.6. The maximum absolute atomic E-state index is 13.3. The minimum absolute atomic E-state index is 0.182. The van der Waals surface area contributed by atoms with E-state index in [2.05, 4.69) is 15.7 Å². The lowest BCUT2D eigenvalue weighted by Gasteiger charge is -2.23. The summed E-state index contributed by atoms with van der Waals surface area (Å²) in [7, 11) is 0. The topological polar surface area (TPSA) is 102 Å². The molecule has 0 spiro atoms. The number of nitrogens with one attached hydrogen (secondary N) is 2. The molecule has 34 heavy (non-hydrogen) atoms. The van der Waals surface area contributed by atoms with Crippen LogP contribution in [0, 0.1) is 11.8 Å². The SMILES string of the molecule is CC(C)C(NC(=O)c1nn(CC2CCCCC2)c2ccccc12)C(=O)NCC(=O)OC(C)(C)C. The molecule has 1 aromatic heterocycles. The Balaban J connectivity index is 1.72. The molecule has 1 aromatic carbocycles. The monoisotopic (exact) mass is 470 g/mol. The number of nitrogens with zero attached hydrogens (tertiary/aromatic N) is 2. The van der Waals surface area contributed by atoms with Gasteiger partial charge in [0.1, 0.15) is 18.2 Å². The van der Waals surface area contributed by atoms with Crippen molar-refractivity contribution >= 4 is 28.7 Å². The van der Waals surface area contributed by atoms with Gasteiger partial charge in [0.05, 0.1) is 5.52 Å². The van der Waals surface area contributed by atoms with Gasteiger partial charge in [-0.15, -0.1) is 0 Å². The van der Waals surface area contributed by atoms with Crippen LogP contribution in [0.15, 0.2) is 24.3 Å². The van der Waals surface area contributed by atoms with E-state index < -0.39 is 29.4 Å². The van der Waals surface area contributed by atoms with Crippen LogP contribution in [0.1, 0.15) is 77.2 Å². The summed E-state index contributed by atoms with van der Waals surface area (Å²) in [4.78, 5) is 38.0. The van der Waals surface area contributed by atoms with Gasteiger partial charge < -0.3 is 15.4 Å². The van der Waals surface area contributed by atoms with Crippen molar-refractivity contribution in [2.24, 2.45) is 11.8 Å². The first-order valence-electron chi connectivity index (χ1n) is 12.3. The first kappa shape index (κ1) is 25.7. The molecule has 2 aromatic rings. The summed E-state index contributed by atoms with van der Waals surface area (Å²) in [5, 5.41) is 10.9. The van der Waals surface area contributed by atoms with Gasteiger partial charge in [-0.2, -0.15) is 5.10 Å². The lowest BCUT2D eigenvalue weighted by Crippen LogP contribution is -2.51. The van der Waals surface area contributed by atoms with E-state index >= 15 is 0 Å². The summed E-state index contributed by atoms with van der Waals surface area (Å²) in [5.74, 6) is -0.972. The zero-order chi connectivity index (χ0) is 24.9. The van der Waals surface area contributed by atoms with Crippen LogP contribution < -0.4 is 10.6 Å². The second kappa shape index (κ2) is 11.0. The van der Waals surface area contributed by atoms with Crippen LogP contribution in [0.3, 0.4) is 0 Å². The summed E-state index contributed by atoms with van der Waals surface area (Å²) >= 11 is 0. The van der Waals surface area contributed by atoms with Gasteiger partial charge in [0, 0.05) is 11.9 Å². The third-order valence-corrected chi connectivity index (χ3v) is 6.09. The van der Waals surface area contributed by atoms with E-state index in [1.54, 1.807) is 20.8 Å². The molecule has 1 atom stereocenters. The molecule has 1 aliphatic rings. The van der Waals surface area contributed by atoms with Crippen molar-refractivity contribution in [1.82, 2.24) is 20.4 Å². The third-order valence-electron chi connectivity index (χ3n) is 6.09. The highest BCUT2D eigenvalue weighted by Gasteiger charge is 2.28. The number of benzene rings is 1. The van der Waals surface area contributed by atoms with Crippen LogP contribution in [0.5, 0.6) is 0 Å². The van der Waals surface area contributed by atoms with Crippen molar-refractivity contribution in [3.05, 3.63) is 30.0 Å². The Morgan fingerprint density at radius 2 is 1.79 bits per heavy atom. The van der Waals surface area contributed by atoms with Crippen molar-refractivity contribution < 1.29 is 19.1 Å². The van der Waals surface area contributed by atoms with Gasteiger partial charge in [-0.1, -0.05) is 51.3 Å². The maximum atomic E-state index is 13.3. The molecule has 0 bridgehead atoms. The molecular weight excluding hydrogens is 432 g/mol. The van der Waals surface area contributed by atoms with Gasteiger partial charge >= 0.3 is 5.97 Å². The van der Waals surface area contributed by atoms with Gasteiger partial charge in [-0.05, 0) is 51.5 Å². The first-order chi connectivity index (χ1) is 16.0. The minimum Gasteiger partial charge on any atom is -0.459 e. The summed E-state index contributed by atoms with van der Waals surface area (Å²) < 4.78 is 7.18. The molecule has 0 radical (unpaired) electrons. The van der Waals surface area contributed by atoms with Gasteiger partial charge in [0.25, 0.3) is 5.91 Å². The highest BCUT2D eigenvalue weighted by atomic mass is 16.6. The van der Waals surface area contributed by atoms with E-state index in [-0.39, 0.29) is 12.5 Å². The van der Waals surface area contributed by atoms with Gasteiger partial charge in [0.2, 0.25) is 5.91 Å². The molecule has 3 rings (SSSR count). The molecule has 1 fully saturated rings. The van der Waals surface area contributed by atoms with E-state index in [4.69, 9.17) is 4.74 Å². The fraction of sp³-hybridized carbons (Fsp3) is 0.615. The number of ether oxygens (including phenoxy) is 1. The van der Waals surface area contributed by atoms with E-state index in [9.17, 15) is 14.4 Å². The van der Waals surface area contributed by atoms with Crippen LogP contribution >= 0.6 is 0 Å². The Kier molecular flexibility index (Phi) is 8.33. The quantitative estimate of drug-likeness (QED) is 0.571. The molecule has 8 nitrogen and oxygen atoms in total. The Morgan fingerprint density at radius 3 is 2.44 bits per heavy atom. The third kappa shape index (κ3) is 6.81. The first-order valence-corrected chi connectivity index (χ1v) is 12.3. The summed E-state index contributed by atoms with van der Waals surface area (Å²) in [5.41, 5.74) is 0.607. The number of esters is 1. The molecule has 0 aliphatic heterocycles. The number of para-hydroxylation sites is 1. The van der Waals surface area contributed by atoms with Crippen LogP contribution in [0.25, 0.3) is 10.9 Å².